The van der Waals surface area contributed by atoms with Gasteiger partial charge in [0.05, 0.1) is 12.6 Å². The highest BCUT2D eigenvalue weighted by atomic mass is 127. The minimum atomic E-state index is 0. The highest BCUT2D eigenvalue weighted by Crippen LogP contribution is 2.17. The first-order valence-electron chi connectivity index (χ1n) is 10.2. The van der Waals surface area contributed by atoms with E-state index in [-0.39, 0.29) is 35.9 Å². The zero-order valence-electron chi connectivity index (χ0n) is 17.5. The minimum absolute atomic E-state index is 0. The van der Waals surface area contributed by atoms with Gasteiger partial charge in [-0.1, -0.05) is 48.0 Å². The predicted molar refractivity (Wildman–Crippen MR) is 134 cm³/mol. The number of nitrogens with zero attached hydrogens (tertiary/aromatic N) is 2. The molecule has 30 heavy (non-hydrogen) atoms. The number of amides is 1. The molecule has 2 N–H and O–H groups in total. The van der Waals surface area contributed by atoms with Crippen molar-refractivity contribution in [1.29, 1.82) is 0 Å². The monoisotopic (exact) mass is 540 g/mol. The number of carbonyl (C=O) groups is 1. The number of benzene rings is 2. The van der Waals surface area contributed by atoms with E-state index in [2.05, 4.69) is 42.7 Å². The van der Waals surface area contributed by atoms with Crippen LogP contribution in [-0.4, -0.2) is 29.9 Å². The summed E-state index contributed by atoms with van der Waals surface area (Å²) in [6.45, 7) is 7.06. The van der Waals surface area contributed by atoms with Crippen molar-refractivity contribution in [2.75, 3.05) is 13.1 Å². The zero-order valence-corrected chi connectivity index (χ0v) is 20.6. The van der Waals surface area contributed by atoms with Crippen LogP contribution in [0.25, 0.3) is 0 Å². The van der Waals surface area contributed by atoms with Crippen LogP contribution in [-0.2, 0) is 17.9 Å². The molecule has 0 aliphatic carbocycles. The first kappa shape index (κ1) is 24.5. The lowest BCUT2D eigenvalue weighted by atomic mass is 10.1. The van der Waals surface area contributed by atoms with Crippen molar-refractivity contribution in [3.8, 4) is 0 Å². The fraction of sp³-hybridized carbons (Fsp3) is 0.391. The lowest BCUT2D eigenvalue weighted by Crippen LogP contribution is -2.38. The van der Waals surface area contributed by atoms with Crippen LogP contribution in [0.3, 0.4) is 0 Å². The van der Waals surface area contributed by atoms with Crippen LogP contribution in [0.15, 0.2) is 53.5 Å². The number of nitrogens with one attached hydrogen (secondary N) is 2. The van der Waals surface area contributed by atoms with E-state index in [0.29, 0.717) is 19.5 Å². The van der Waals surface area contributed by atoms with Crippen molar-refractivity contribution in [2.45, 2.75) is 45.8 Å². The number of aliphatic imine (C=N–C) groups is 1. The van der Waals surface area contributed by atoms with E-state index < -0.39 is 0 Å². The first-order chi connectivity index (χ1) is 14.0. The van der Waals surface area contributed by atoms with Gasteiger partial charge in [0.1, 0.15) is 0 Å². The van der Waals surface area contributed by atoms with Crippen molar-refractivity contribution in [3.05, 3.63) is 70.2 Å². The smallest absolute Gasteiger partial charge is 0.222 e. The molecule has 1 fully saturated rings. The van der Waals surface area contributed by atoms with E-state index in [1.54, 1.807) is 0 Å². The highest BCUT2D eigenvalue weighted by Gasteiger charge is 2.19. The van der Waals surface area contributed by atoms with E-state index in [1.165, 1.54) is 0 Å². The van der Waals surface area contributed by atoms with Gasteiger partial charge in [0.25, 0.3) is 0 Å². The number of guanidine groups is 1. The Morgan fingerprint density at radius 2 is 1.93 bits per heavy atom. The number of hydrogen-bond donors (Lipinski definition) is 2. The predicted octanol–water partition coefficient (Wildman–Crippen LogP) is 4.90. The number of likely N-dealkylation sites (tertiary alicyclic amines) is 1. The molecule has 1 atom stereocenters. The molecule has 1 aliphatic rings. The van der Waals surface area contributed by atoms with Gasteiger partial charge in [-0.25, -0.2) is 4.99 Å². The zero-order chi connectivity index (χ0) is 20.6. The average Bonchev–Trinajstić information content (AvgIpc) is 3.11. The third-order valence-electron chi connectivity index (χ3n) is 5.02. The van der Waals surface area contributed by atoms with Crippen LogP contribution < -0.4 is 10.6 Å². The maximum atomic E-state index is 11.9. The topological polar surface area (TPSA) is 56.7 Å². The highest BCUT2D eigenvalue weighted by molar-refractivity contribution is 14.0. The molecular formula is C23H30ClIN4O. The van der Waals surface area contributed by atoms with E-state index in [1.807, 2.05) is 35.2 Å². The summed E-state index contributed by atoms with van der Waals surface area (Å²) in [6, 6.07) is 16.3. The van der Waals surface area contributed by atoms with Gasteiger partial charge in [0.2, 0.25) is 5.91 Å². The average molecular weight is 541 g/mol. The summed E-state index contributed by atoms with van der Waals surface area (Å²) >= 11 is 5.99. The molecule has 2 aromatic carbocycles. The summed E-state index contributed by atoms with van der Waals surface area (Å²) in [6.07, 6.45) is 1.64. The molecule has 0 bridgehead atoms. The van der Waals surface area contributed by atoms with Crippen molar-refractivity contribution in [1.82, 2.24) is 15.5 Å². The third kappa shape index (κ3) is 7.16. The van der Waals surface area contributed by atoms with Gasteiger partial charge >= 0.3 is 0 Å². The second-order valence-corrected chi connectivity index (χ2v) is 7.79. The molecule has 162 valence electrons. The second kappa shape index (κ2) is 12.2. The molecule has 0 aromatic heterocycles. The van der Waals surface area contributed by atoms with Gasteiger partial charge in [-0.15, -0.1) is 24.0 Å². The molecule has 1 amide bonds. The third-order valence-corrected chi connectivity index (χ3v) is 5.28. The van der Waals surface area contributed by atoms with Gasteiger partial charge < -0.3 is 15.5 Å². The molecule has 0 radical (unpaired) electrons. The lowest BCUT2D eigenvalue weighted by Gasteiger charge is -2.18. The summed E-state index contributed by atoms with van der Waals surface area (Å²) in [5.41, 5.74) is 3.43. The van der Waals surface area contributed by atoms with Crippen molar-refractivity contribution >= 4 is 47.4 Å². The van der Waals surface area contributed by atoms with Gasteiger partial charge in [-0.2, -0.15) is 0 Å². The van der Waals surface area contributed by atoms with Gasteiger partial charge in [0, 0.05) is 31.1 Å². The molecule has 0 spiro atoms. The van der Waals surface area contributed by atoms with E-state index in [0.717, 1.165) is 47.2 Å². The van der Waals surface area contributed by atoms with Crippen molar-refractivity contribution < 1.29 is 4.79 Å². The first-order valence-corrected chi connectivity index (χ1v) is 10.6. The molecule has 3 rings (SSSR count). The Kier molecular flexibility index (Phi) is 9.91. The minimum Gasteiger partial charge on any atom is -0.357 e. The number of hydrogen-bond acceptors (Lipinski definition) is 2. The largest absolute Gasteiger partial charge is 0.357 e. The molecule has 1 saturated heterocycles. The van der Waals surface area contributed by atoms with E-state index in [4.69, 9.17) is 16.6 Å². The van der Waals surface area contributed by atoms with Crippen LogP contribution in [0.1, 0.15) is 49.4 Å². The summed E-state index contributed by atoms with van der Waals surface area (Å²) in [5, 5.41) is 7.48. The molecule has 0 saturated carbocycles. The molecule has 2 aromatic rings. The lowest BCUT2D eigenvalue weighted by molar-refractivity contribution is -0.128. The summed E-state index contributed by atoms with van der Waals surface area (Å²) in [7, 11) is 0. The summed E-state index contributed by atoms with van der Waals surface area (Å²) in [5.74, 6) is 1.03. The fourth-order valence-electron chi connectivity index (χ4n) is 3.45. The van der Waals surface area contributed by atoms with Gasteiger partial charge in [0.15, 0.2) is 5.96 Å². The SMILES string of the molecule is CCNC(=NCc1cccc(CN2CCCC2=O)c1)NC(C)c1ccc(Cl)cc1.I. The van der Waals surface area contributed by atoms with Crippen LogP contribution in [0, 0.1) is 0 Å². The number of halogens is 2. The Balaban J connectivity index is 0.00000320. The summed E-state index contributed by atoms with van der Waals surface area (Å²) < 4.78 is 0. The van der Waals surface area contributed by atoms with Gasteiger partial charge in [-0.3, -0.25) is 4.79 Å². The molecule has 1 aliphatic heterocycles. The Hall–Kier alpha value is -1.80. The van der Waals surface area contributed by atoms with Gasteiger partial charge in [-0.05, 0) is 49.1 Å². The molecular weight excluding hydrogens is 511 g/mol. The van der Waals surface area contributed by atoms with Crippen LogP contribution >= 0.6 is 35.6 Å². The van der Waals surface area contributed by atoms with E-state index in [9.17, 15) is 4.79 Å². The van der Waals surface area contributed by atoms with Crippen LogP contribution in [0.5, 0.6) is 0 Å². The maximum absolute atomic E-state index is 11.9. The molecule has 7 heteroatoms. The normalized spacial score (nSPS) is 15.0. The second-order valence-electron chi connectivity index (χ2n) is 7.35. The Morgan fingerprint density at radius 1 is 1.20 bits per heavy atom. The number of rotatable bonds is 7. The Labute approximate surface area is 201 Å². The number of carbonyl (C=O) groups excluding carboxylic acids is 1. The Morgan fingerprint density at radius 3 is 2.60 bits per heavy atom. The standard InChI is InChI=1S/C23H29ClN4O.HI/c1-3-25-23(27-17(2)20-9-11-21(24)12-10-20)26-15-18-6-4-7-19(14-18)16-28-13-5-8-22(28)29;/h4,6-7,9-12,14,17H,3,5,8,13,15-16H2,1-2H3,(H2,25,26,27);1H. The molecule has 1 unspecified atom stereocenters. The fourth-order valence-corrected chi connectivity index (χ4v) is 3.57. The Bertz CT molecular complexity index is 857. The molecule has 1 heterocycles. The van der Waals surface area contributed by atoms with Crippen molar-refractivity contribution in [3.63, 3.8) is 0 Å². The quantitative estimate of drug-likeness (QED) is 0.299. The van der Waals surface area contributed by atoms with Crippen LogP contribution in [0.4, 0.5) is 0 Å². The maximum Gasteiger partial charge on any atom is 0.222 e. The van der Waals surface area contributed by atoms with Crippen LogP contribution in [0.2, 0.25) is 5.02 Å². The summed E-state index contributed by atoms with van der Waals surface area (Å²) in [4.78, 5) is 18.5. The van der Waals surface area contributed by atoms with E-state index >= 15 is 0 Å². The molecule has 5 nitrogen and oxygen atoms in total. The van der Waals surface area contributed by atoms with Crippen molar-refractivity contribution in [2.24, 2.45) is 4.99 Å².